The van der Waals surface area contributed by atoms with Crippen molar-refractivity contribution in [2.75, 3.05) is 23.9 Å². The highest BCUT2D eigenvalue weighted by atomic mass is 32.1. The Bertz CT molecular complexity index is 1030. The first kappa shape index (κ1) is 17.3. The number of para-hydroxylation sites is 2. The van der Waals surface area contributed by atoms with Gasteiger partial charge in [0.2, 0.25) is 5.91 Å². The molecule has 2 heterocycles. The highest BCUT2D eigenvalue weighted by Crippen LogP contribution is 2.34. The maximum atomic E-state index is 12.5. The van der Waals surface area contributed by atoms with Gasteiger partial charge in [-0.05, 0) is 37.3 Å². The molecule has 1 aliphatic rings. The molecule has 1 aliphatic heterocycles. The second-order valence-electron chi connectivity index (χ2n) is 6.05. The molecule has 3 aromatic rings. The van der Waals surface area contributed by atoms with Gasteiger partial charge in [0.15, 0.2) is 11.2 Å². The molecule has 1 unspecified atom stereocenters. The van der Waals surface area contributed by atoms with Gasteiger partial charge in [-0.15, -0.1) is 0 Å². The van der Waals surface area contributed by atoms with E-state index in [1.165, 1.54) is 16.2 Å². The van der Waals surface area contributed by atoms with Crippen LogP contribution >= 0.6 is 11.3 Å². The van der Waals surface area contributed by atoms with E-state index >= 15 is 0 Å². The van der Waals surface area contributed by atoms with Gasteiger partial charge in [0.25, 0.3) is 5.91 Å². The van der Waals surface area contributed by atoms with E-state index in [1.54, 1.807) is 32.2 Å². The summed E-state index contributed by atoms with van der Waals surface area (Å²) in [4.78, 5) is 30.9. The van der Waals surface area contributed by atoms with Gasteiger partial charge in [0.1, 0.15) is 18.0 Å². The summed E-state index contributed by atoms with van der Waals surface area (Å²) in [5.41, 5.74) is 1.36. The van der Waals surface area contributed by atoms with Gasteiger partial charge >= 0.3 is 0 Å². The quantitative estimate of drug-likeness (QED) is 0.749. The van der Waals surface area contributed by atoms with Crippen LogP contribution in [-0.4, -0.2) is 36.6 Å². The molecule has 0 saturated carbocycles. The fraction of sp³-hybridized carbons (Fsp3) is 0.211. The summed E-state index contributed by atoms with van der Waals surface area (Å²) >= 11 is 1.35. The van der Waals surface area contributed by atoms with E-state index in [0.717, 1.165) is 16.0 Å². The third kappa shape index (κ3) is 3.31. The summed E-state index contributed by atoms with van der Waals surface area (Å²) in [6, 6.07) is 12.7. The molecular formula is C19H17N3O4S. The number of fused-ring (bicyclic) bond motifs is 2. The SMILES string of the molecule is COc1ccc2nc(NC(=O)CN3C(=O)C(C)Oc4ccccc43)sc2c1. The number of rotatable bonds is 4. The van der Waals surface area contributed by atoms with Gasteiger partial charge in [-0.3, -0.25) is 14.5 Å². The Morgan fingerprint density at radius 2 is 2.15 bits per heavy atom. The molecule has 138 valence electrons. The minimum absolute atomic E-state index is 0.108. The largest absolute Gasteiger partial charge is 0.497 e. The Balaban J connectivity index is 1.53. The van der Waals surface area contributed by atoms with Crippen LogP contribution in [0, 0.1) is 0 Å². The normalized spacial score (nSPS) is 16.0. The number of nitrogens with one attached hydrogen (secondary N) is 1. The number of hydrogen-bond donors (Lipinski definition) is 1. The number of methoxy groups -OCH3 is 1. The Hall–Kier alpha value is -3.13. The molecule has 0 radical (unpaired) electrons. The molecule has 0 bridgehead atoms. The van der Waals surface area contributed by atoms with Crippen molar-refractivity contribution < 1.29 is 19.1 Å². The molecule has 7 nitrogen and oxygen atoms in total. The predicted octanol–water partition coefficient (Wildman–Crippen LogP) is 3.06. The molecule has 0 saturated heterocycles. The van der Waals surface area contributed by atoms with Crippen molar-refractivity contribution in [2.45, 2.75) is 13.0 Å². The fourth-order valence-corrected chi connectivity index (χ4v) is 3.82. The lowest BCUT2D eigenvalue weighted by Gasteiger charge is -2.32. The van der Waals surface area contributed by atoms with Crippen LogP contribution < -0.4 is 19.7 Å². The zero-order valence-electron chi connectivity index (χ0n) is 14.8. The predicted molar refractivity (Wildman–Crippen MR) is 104 cm³/mol. The summed E-state index contributed by atoms with van der Waals surface area (Å²) in [5.74, 6) is 0.745. The van der Waals surface area contributed by atoms with E-state index in [0.29, 0.717) is 16.6 Å². The first-order valence-corrected chi connectivity index (χ1v) is 9.18. The first-order valence-electron chi connectivity index (χ1n) is 8.36. The molecule has 0 spiro atoms. The molecule has 0 aliphatic carbocycles. The number of ether oxygens (including phenoxy) is 2. The average Bonchev–Trinajstić information content (AvgIpc) is 3.06. The van der Waals surface area contributed by atoms with Crippen LogP contribution in [0.2, 0.25) is 0 Å². The molecule has 1 N–H and O–H groups in total. The minimum atomic E-state index is -0.636. The second-order valence-corrected chi connectivity index (χ2v) is 7.08. The molecule has 8 heteroatoms. The van der Waals surface area contributed by atoms with Crippen LogP contribution in [0.15, 0.2) is 42.5 Å². The highest BCUT2D eigenvalue weighted by Gasteiger charge is 2.32. The van der Waals surface area contributed by atoms with E-state index < -0.39 is 6.10 Å². The van der Waals surface area contributed by atoms with E-state index in [-0.39, 0.29) is 18.4 Å². The molecule has 1 aromatic heterocycles. The van der Waals surface area contributed by atoms with Crippen LogP contribution in [0.25, 0.3) is 10.2 Å². The van der Waals surface area contributed by atoms with Crippen molar-refractivity contribution in [1.29, 1.82) is 0 Å². The fourth-order valence-electron chi connectivity index (χ4n) is 2.91. The minimum Gasteiger partial charge on any atom is -0.497 e. The van der Waals surface area contributed by atoms with Crippen LogP contribution in [-0.2, 0) is 9.59 Å². The van der Waals surface area contributed by atoms with E-state index in [1.807, 2.05) is 24.3 Å². The maximum absolute atomic E-state index is 12.5. The van der Waals surface area contributed by atoms with E-state index in [2.05, 4.69) is 10.3 Å². The van der Waals surface area contributed by atoms with Crippen molar-refractivity contribution in [3.63, 3.8) is 0 Å². The Morgan fingerprint density at radius 3 is 2.96 bits per heavy atom. The summed E-state index contributed by atoms with van der Waals surface area (Å²) in [5, 5.41) is 3.25. The van der Waals surface area contributed by atoms with Crippen molar-refractivity contribution in [2.24, 2.45) is 0 Å². The number of carbonyl (C=O) groups excluding carboxylic acids is 2. The van der Waals surface area contributed by atoms with Crippen LogP contribution in [0.1, 0.15) is 6.92 Å². The molecule has 4 rings (SSSR count). The topological polar surface area (TPSA) is 80.8 Å². The van der Waals surface area contributed by atoms with Gasteiger partial charge in [0.05, 0.1) is 23.0 Å². The smallest absolute Gasteiger partial charge is 0.268 e. The lowest BCUT2D eigenvalue weighted by molar-refractivity contribution is -0.127. The van der Waals surface area contributed by atoms with Gasteiger partial charge in [-0.1, -0.05) is 23.5 Å². The van der Waals surface area contributed by atoms with E-state index in [9.17, 15) is 9.59 Å². The third-order valence-electron chi connectivity index (χ3n) is 4.22. The van der Waals surface area contributed by atoms with Crippen molar-refractivity contribution in [3.8, 4) is 11.5 Å². The molecule has 2 amide bonds. The average molecular weight is 383 g/mol. The third-order valence-corrected chi connectivity index (χ3v) is 5.15. The molecule has 0 fully saturated rings. The highest BCUT2D eigenvalue weighted by molar-refractivity contribution is 7.22. The lowest BCUT2D eigenvalue weighted by Crippen LogP contribution is -2.47. The van der Waals surface area contributed by atoms with Crippen molar-refractivity contribution >= 4 is 44.2 Å². The number of hydrogen-bond acceptors (Lipinski definition) is 6. The number of nitrogens with zero attached hydrogens (tertiary/aromatic N) is 2. The summed E-state index contributed by atoms with van der Waals surface area (Å²) in [7, 11) is 1.60. The van der Waals surface area contributed by atoms with E-state index in [4.69, 9.17) is 9.47 Å². The Morgan fingerprint density at radius 1 is 1.33 bits per heavy atom. The monoisotopic (exact) mass is 383 g/mol. The summed E-state index contributed by atoms with van der Waals surface area (Å²) in [6.45, 7) is 1.56. The van der Waals surface area contributed by atoms with Gasteiger partial charge in [-0.25, -0.2) is 4.98 Å². The van der Waals surface area contributed by atoms with Gasteiger partial charge < -0.3 is 14.8 Å². The lowest BCUT2D eigenvalue weighted by atomic mass is 10.2. The Labute approximate surface area is 159 Å². The van der Waals surface area contributed by atoms with Crippen LogP contribution in [0.3, 0.4) is 0 Å². The molecule has 27 heavy (non-hydrogen) atoms. The number of aromatic nitrogens is 1. The van der Waals surface area contributed by atoms with Gasteiger partial charge in [-0.2, -0.15) is 0 Å². The number of benzene rings is 2. The number of anilines is 2. The first-order chi connectivity index (χ1) is 13.0. The standard InChI is InChI=1S/C19H17N3O4S/c1-11-18(24)22(14-5-3-4-6-15(14)26-11)10-17(23)21-19-20-13-8-7-12(25-2)9-16(13)27-19/h3-9,11H,10H2,1-2H3,(H,20,21,23). The maximum Gasteiger partial charge on any atom is 0.268 e. The summed E-state index contributed by atoms with van der Waals surface area (Å²) in [6.07, 6.45) is -0.636. The zero-order valence-corrected chi connectivity index (χ0v) is 15.6. The molecule has 2 aromatic carbocycles. The van der Waals surface area contributed by atoms with Crippen LogP contribution in [0.5, 0.6) is 11.5 Å². The molecular weight excluding hydrogens is 366 g/mol. The van der Waals surface area contributed by atoms with Crippen molar-refractivity contribution in [1.82, 2.24) is 4.98 Å². The van der Waals surface area contributed by atoms with Crippen LogP contribution in [0.4, 0.5) is 10.8 Å². The number of thiazole rings is 1. The number of carbonyl (C=O) groups is 2. The summed E-state index contributed by atoms with van der Waals surface area (Å²) < 4.78 is 11.7. The van der Waals surface area contributed by atoms with Crippen molar-refractivity contribution in [3.05, 3.63) is 42.5 Å². The Kier molecular flexibility index (Phi) is 4.41. The van der Waals surface area contributed by atoms with Gasteiger partial charge in [0, 0.05) is 0 Å². The number of amides is 2. The second kappa shape index (κ2) is 6.88. The molecule has 1 atom stereocenters. The zero-order chi connectivity index (χ0) is 19.0.